The fourth-order valence-corrected chi connectivity index (χ4v) is 2.15. The lowest BCUT2D eigenvalue weighted by molar-refractivity contribution is 0.628. The van der Waals surface area contributed by atoms with E-state index in [1.807, 2.05) is 25.1 Å². The van der Waals surface area contributed by atoms with Crippen LogP contribution in [-0.2, 0) is 0 Å². The third kappa shape index (κ3) is 2.18. The number of nitrogens with zero attached hydrogens (tertiary/aromatic N) is 2. The van der Waals surface area contributed by atoms with Crippen LogP contribution in [0.1, 0.15) is 5.56 Å². The van der Waals surface area contributed by atoms with Crippen LogP contribution in [-0.4, -0.2) is 9.97 Å². The van der Waals surface area contributed by atoms with Gasteiger partial charge in [-0.3, -0.25) is 0 Å². The average molecular weight is 288 g/mol. The summed E-state index contributed by atoms with van der Waals surface area (Å²) in [4.78, 5) is 8.66. The summed E-state index contributed by atoms with van der Waals surface area (Å²) >= 11 is 5.67. The minimum Gasteiger partial charge on any atom is -0.383 e. The second-order valence-corrected chi connectivity index (χ2v) is 4.99. The van der Waals surface area contributed by atoms with Gasteiger partial charge in [-0.05, 0) is 37.3 Å². The van der Waals surface area contributed by atoms with Crippen LogP contribution in [0.5, 0.6) is 0 Å². The van der Waals surface area contributed by atoms with Gasteiger partial charge in [-0.25, -0.2) is 14.4 Å². The number of rotatable bonds is 1. The molecule has 2 aromatic carbocycles. The van der Waals surface area contributed by atoms with Gasteiger partial charge in [-0.15, -0.1) is 0 Å². The van der Waals surface area contributed by atoms with Gasteiger partial charge in [0, 0.05) is 10.9 Å². The molecular formula is C15H11ClFN3. The SMILES string of the molecule is Cc1ccc2nc(-c3ccc(Cl)c(F)c3)nc(N)c2c1. The van der Waals surface area contributed by atoms with Crippen molar-refractivity contribution in [1.82, 2.24) is 9.97 Å². The van der Waals surface area contributed by atoms with Gasteiger partial charge in [-0.2, -0.15) is 0 Å². The Hall–Kier alpha value is -2.20. The summed E-state index contributed by atoms with van der Waals surface area (Å²) in [6.07, 6.45) is 0. The summed E-state index contributed by atoms with van der Waals surface area (Å²) < 4.78 is 13.5. The number of aromatic nitrogens is 2. The monoisotopic (exact) mass is 287 g/mol. The highest BCUT2D eigenvalue weighted by molar-refractivity contribution is 6.30. The zero-order chi connectivity index (χ0) is 14.3. The Labute approximate surface area is 120 Å². The quantitative estimate of drug-likeness (QED) is 0.736. The summed E-state index contributed by atoms with van der Waals surface area (Å²) in [5.41, 5.74) is 8.31. The number of benzene rings is 2. The maximum atomic E-state index is 13.5. The van der Waals surface area contributed by atoms with E-state index < -0.39 is 5.82 Å². The summed E-state index contributed by atoms with van der Waals surface area (Å²) in [7, 11) is 0. The minimum absolute atomic E-state index is 0.0677. The molecule has 0 bridgehead atoms. The first-order valence-electron chi connectivity index (χ1n) is 6.04. The zero-order valence-corrected chi connectivity index (χ0v) is 11.4. The fraction of sp³-hybridized carbons (Fsp3) is 0.0667. The Bertz CT molecular complexity index is 818. The molecule has 5 heteroatoms. The van der Waals surface area contributed by atoms with Crippen LogP contribution in [0.15, 0.2) is 36.4 Å². The predicted molar refractivity (Wildman–Crippen MR) is 79.1 cm³/mol. The zero-order valence-electron chi connectivity index (χ0n) is 10.7. The lowest BCUT2D eigenvalue weighted by Crippen LogP contribution is -1.98. The standard InChI is InChI=1S/C15H11ClFN3/c1-8-2-5-13-10(6-8)14(18)20-15(19-13)9-3-4-11(16)12(17)7-9/h2-7H,1H3,(H2,18,19,20). The largest absolute Gasteiger partial charge is 0.383 e. The van der Waals surface area contributed by atoms with E-state index in [-0.39, 0.29) is 5.02 Å². The van der Waals surface area contributed by atoms with Crippen molar-refractivity contribution in [2.75, 3.05) is 5.73 Å². The van der Waals surface area contributed by atoms with Gasteiger partial charge < -0.3 is 5.73 Å². The van der Waals surface area contributed by atoms with Gasteiger partial charge in [0.05, 0.1) is 10.5 Å². The van der Waals surface area contributed by atoms with Crippen molar-refractivity contribution in [3.05, 3.63) is 52.8 Å². The van der Waals surface area contributed by atoms with Gasteiger partial charge in [0.15, 0.2) is 5.82 Å². The number of nitrogens with two attached hydrogens (primary N) is 1. The lowest BCUT2D eigenvalue weighted by Gasteiger charge is -2.07. The highest BCUT2D eigenvalue weighted by Gasteiger charge is 2.09. The topological polar surface area (TPSA) is 51.8 Å². The number of aryl methyl sites for hydroxylation is 1. The van der Waals surface area contributed by atoms with Crippen LogP contribution in [0.3, 0.4) is 0 Å². The van der Waals surface area contributed by atoms with Crippen LogP contribution in [0, 0.1) is 12.7 Å². The van der Waals surface area contributed by atoms with Crippen molar-refractivity contribution in [2.45, 2.75) is 6.92 Å². The number of nitrogen functional groups attached to an aromatic ring is 1. The van der Waals surface area contributed by atoms with Gasteiger partial charge in [0.25, 0.3) is 0 Å². The van der Waals surface area contributed by atoms with Gasteiger partial charge in [0.2, 0.25) is 0 Å². The molecule has 0 spiro atoms. The predicted octanol–water partition coefficient (Wildman–Crippen LogP) is 3.98. The third-order valence-corrected chi connectivity index (χ3v) is 3.37. The number of halogens is 2. The molecule has 0 fully saturated rings. The molecule has 3 nitrogen and oxygen atoms in total. The van der Waals surface area contributed by atoms with E-state index in [1.54, 1.807) is 6.07 Å². The fourth-order valence-electron chi connectivity index (χ4n) is 2.03. The first kappa shape index (κ1) is 12.8. The molecule has 0 aliphatic rings. The summed E-state index contributed by atoms with van der Waals surface area (Å²) in [6.45, 7) is 1.97. The Morgan fingerprint density at radius 1 is 1.10 bits per heavy atom. The second kappa shape index (κ2) is 4.72. The van der Waals surface area contributed by atoms with Crippen molar-refractivity contribution in [3.8, 4) is 11.4 Å². The van der Waals surface area contributed by atoms with E-state index >= 15 is 0 Å². The molecule has 0 amide bonds. The van der Waals surface area contributed by atoms with Crippen LogP contribution < -0.4 is 5.73 Å². The van der Waals surface area contributed by atoms with Crippen molar-refractivity contribution in [3.63, 3.8) is 0 Å². The van der Waals surface area contributed by atoms with Crippen molar-refractivity contribution < 1.29 is 4.39 Å². The third-order valence-electron chi connectivity index (χ3n) is 3.06. The van der Waals surface area contributed by atoms with Crippen molar-refractivity contribution >= 4 is 28.3 Å². The van der Waals surface area contributed by atoms with E-state index in [2.05, 4.69) is 9.97 Å². The summed E-state index contributed by atoms with van der Waals surface area (Å²) in [5, 5.41) is 0.862. The molecule has 0 aliphatic heterocycles. The Balaban J connectivity index is 2.21. The lowest BCUT2D eigenvalue weighted by atomic mass is 10.1. The van der Waals surface area contributed by atoms with Crippen molar-refractivity contribution in [2.24, 2.45) is 0 Å². The van der Waals surface area contributed by atoms with Crippen LogP contribution in [0.4, 0.5) is 10.2 Å². The highest BCUT2D eigenvalue weighted by atomic mass is 35.5. The number of hydrogen-bond acceptors (Lipinski definition) is 3. The molecule has 0 radical (unpaired) electrons. The van der Waals surface area contributed by atoms with E-state index in [9.17, 15) is 4.39 Å². The number of fused-ring (bicyclic) bond motifs is 1. The molecule has 0 unspecified atom stereocenters. The summed E-state index contributed by atoms with van der Waals surface area (Å²) in [6, 6.07) is 10.2. The smallest absolute Gasteiger partial charge is 0.162 e. The molecule has 1 aromatic heterocycles. The van der Waals surface area contributed by atoms with Crippen LogP contribution in [0.25, 0.3) is 22.3 Å². The second-order valence-electron chi connectivity index (χ2n) is 4.58. The first-order valence-corrected chi connectivity index (χ1v) is 6.42. The van der Waals surface area contributed by atoms with Crippen LogP contribution in [0.2, 0.25) is 5.02 Å². The Morgan fingerprint density at radius 2 is 1.90 bits per heavy atom. The minimum atomic E-state index is -0.504. The molecule has 0 atom stereocenters. The maximum absolute atomic E-state index is 13.5. The molecule has 2 N–H and O–H groups in total. The molecule has 0 saturated carbocycles. The average Bonchev–Trinajstić information content (AvgIpc) is 2.42. The molecule has 0 saturated heterocycles. The Kier molecular flexibility index (Phi) is 3.03. The Morgan fingerprint density at radius 3 is 2.65 bits per heavy atom. The maximum Gasteiger partial charge on any atom is 0.162 e. The highest BCUT2D eigenvalue weighted by Crippen LogP contribution is 2.26. The van der Waals surface area contributed by atoms with Gasteiger partial charge >= 0.3 is 0 Å². The molecule has 1 heterocycles. The number of anilines is 1. The van der Waals surface area contributed by atoms with E-state index in [4.69, 9.17) is 17.3 Å². The molecule has 3 aromatic rings. The summed E-state index contributed by atoms with van der Waals surface area (Å²) in [5.74, 6) is 0.258. The first-order chi connectivity index (χ1) is 9.54. The van der Waals surface area contributed by atoms with Gasteiger partial charge in [-0.1, -0.05) is 23.2 Å². The number of hydrogen-bond donors (Lipinski definition) is 1. The van der Waals surface area contributed by atoms with E-state index in [0.717, 1.165) is 16.5 Å². The molecule has 100 valence electrons. The van der Waals surface area contributed by atoms with E-state index in [1.165, 1.54) is 12.1 Å². The van der Waals surface area contributed by atoms with Crippen molar-refractivity contribution in [1.29, 1.82) is 0 Å². The normalized spacial score (nSPS) is 10.9. The van der Waals surface area contributed by atoms with Crippen LogP contribution >= 0.6 is 11.6 Å². The van der Waals surface area contributed by atoms with E-state index in [0.29, 0.717) is 17.2 Å². The molecule has 0 aliphatic carbocycles. The molecular weight excluding hydrogens is 277 g/mol. The molecule has 20 heavy (non-hydrogen) atoms. The molecule has 3 rings (SSSR count). The van der Waals surface area contributed by atoms with Gasteiger partial charge in [0.1, 0.15) is 11.6 Å².